The van der Waals surface area contributed by atoms with Crippen LogP contribution in [0.15, 0.2) is 23.8 Å². The summed E-state index contributed by atoms with van der Waals surface area (Å²) in [5.74, 6) is 1.36. The van der Waals surface area contributed by atoms with Gasteiger partial charge in [0, 0.05) is 5.41 Å². The van der Waals surface area contributed by atoms with Crippen LogP contribution in [0, 0.1) is 28.6 Å². The minimum atomic E-state index is -0.594. The Hall–Kier alpha value is -0.930. The van der Waals surface area contributed by atoms with E-state index in [4.69, 9.17) is 0 Å². The zero-order valence-corrected chi connectivity index (χ0v) is 14.4. The van der Waals surface area contributed by atoms with Crippen molar-refractivity contribution in [2.75, 3.05) is 0 Å². The van der Waals surface area contributed by atoms with Crippen LogP contribution < -0.4 is 0 Å². The Morgan fingerprint density at radius 1 is 1.13 bits per heavy atom. The summed E-state index contributed by atoms with van der Waals surface area (Å²) in [6.45, 7) is 6.44. The third-order valence-electron chi connectivity index (χ3n) is 8.14. The van der Waals surface area contributed by atoms with Crippen LogP contribution in [0.1, 0.15) is 52.9 Å². The van der Waals surface area contributed by atoms with Gasteiger partial charge in [-0.05, 0) is 79.9 Å². The van der Waals surface area contributed by atoms with Crippen LogP contribution in [-0.2, 0) is 4.79 Å². The third kappa shape index (κ3) is 1.87. The molecule has 0 aliphatic heterocycles. The van der Waals surface area contributed by atoms with Crippen molar-refractivity contribution in [3.8, 4) is 0 Å². The zero-order chi connectivity index (χ0) is 16.6. The highest BCUT2D eigenvalue weighted by Gasteiger charge is 2.63. The summed E-state index contributed by atoms with van der Waals surface area (Å²) in [5, 5.41) is 21.6. The van der Waals surface area contributed by atoms with Gasteiger partial charge in [0.2, 0.25) is 0 Å². The monoisotopic (exact) mass is 316 g/mol. The fraction of sp³-hybridized carbons (Fsp3) is 0.750. The Labute approximate surface area is 138 Å². The van der Waals surface area contributed by atoms with E-state index in [-0.39, 0.29) is 16.6 Å². The van der Waals surface area contributed by atoms with E-state index in [1.165, 1.54) is 0 Å². The van der Waals surface area contributed by atoms with Crippen molar-refractivity contribution < 1.29 is 15.0 Å². The van der Waals surface area contributed by atoms with E-state index in [9.17, 15) is 15.0 Å². The first-order chi connectivity index (χ1) is 10.7. The maximum atomic E-state index is 11.8. The first-order valence-electron chi connectivity index (χ1n) is 9.05. The maximum absolute atomic E-state index is 11.8. The largest absolute Gasteiger partial charge is 0.390 e. The van der Waals surface area contributed by atoms with E-state index in [0.29, 0.717) is 17.8 Å². The summed E-state index contributed by atoms with van der Waals surface area (Å²) in [5.41, 5.74) is 0.0777. The van der Waals surface area contributed by atoms with Gasteiger partial charge in [-0.1, -0.05) is 19.9 Å². The third-order valence-corrected chi connectivity index (χ3v) is 8.14. The van der Waals surface area contributed by atoms with Crippen molar-refractivity contribution in [3.05, 3.63) is 23.8 Å². The van der Waals surface area contributed by atoms with Gasteiger partial charge < -0.3 is 10.2 Å². The normalized spacial score (nSPS) is 55.0. The van der Waals surface area contributed by atoms with Gasteiger partial charge in [-0.25, -0.2) is 0 Å². The smallest absolute Gasteiger partial charge is 0.178 e. The number of carbonyl (C=O) groups is 1. The van der Waals surface area contributed by atoms with Crippen molar-refractivity contribution in [2.45, 2.75) is 64.6 Å². The number of aliphatic hydroxyl groups excluding tert-OH is 1. The first-order valence-corrected chi connectivity index (χ1v) is 9.05. The molecule has 126 valence electrons. The second kappa shape index (κ2) is 4.58. The second-order valence-corrected chi connectivity index (χ2v) is 9.02. The Morgan fingerprint density at radius 3 is 2.57 bits per heavy atom. The molecular weight excluding hydrogens is 288 g/mol. The standard InChI is InChI=1S/C20H28O3/c1-18-7-4-12(21)10-16(18)17(22)11-13-14(18)5-8-19(2)15(13)6-9-20(19,3)23/h4,7,10,13-15,17,22-23H,5-6,8-9,11H2,1-3H3/t13-,14+,15+,17?,18-,19+,20?/m1/s1. The quantitative estimate of drug-likeness (QED) is 0.722. The van der Waals surface area contributed by atoms with Crippen LogP contribution in [0.3, 0.4) is 0 Å². The van der Waals surface area contributed by atoms with Crippen LogP contribution in [0.2, 0.25) is 0 Å². The maximum Gasteiger partial charge on any atom is 0.178 e. The Morgan fingerprint density at radius 2 is 1.83 bits per heavy atom. The lowest BCUT2D eigenvalue weighted by atomic mass is 9.47. The average molecular weight is 316 g/mol. The van der Waals surface area contributed by atoms with E-state index >= 15 is 0 Å². The molecule has 0 aromatic rings. The molecule has 4 aliphatic rings. The fourth-order valence-corrected chi connectivity index (χ4v) is 6.49. The molecule has 23 heavy (non-hydrogen) atoms. The van der Waals surface area contributed by atoms with Gasteiger partial charge in [-0.3, -0.25) is 4.79 Å². The molecule has 2 unspecified atom stereocenters. The van der Waals surface area contributed by atoms with Crippen molar-refractivity contribution in [3.63, 3.8) is 0 Å². The predicted molar refractivity (Wildman–Crippen MR) is 88.6 cm³/mol. The van der Waals surface area contributed by atoms with Gasteiger partial charge in [-0.2, -0.15) is 0 Å². The molecule has 0 heterocycles. The molecule has 7 atom stereocenters. The van der Waals surface area contributed by atoms with E-state index in [1.54, 1.807) is 12.2 Å². The van der Waals surface area contributed by atoms with Gasteiger partial charge >= 0.3 is 0 Å². The average Bonchev–Trinajstić information content (AvgIpc) is 2.72. The van der Waals surface area contributed by atoms with Crippen LogP contribution in [-0.4, -0.2) is 27.7 Å². The summed E-state index contributed by atoms with van der Waals surface area (Å²) in [7, 11) is 0. The fourth-order valence-electron chi connectivity index (χ4n) is 6.49. The van der Waals surface area contributed by atoms with Gasteiger partial charge in [0.15, 0.2) is 5.78 Å². The predicted octanol–water partition coefficient (Wildman–Crippen LogP) is 3.02. The summed E-state index contributed by atoms with van der Waals surface area (Å²) in [4.78, 5) is 11.8. The number of fused-ring (bicyclic) bond motifs is 5. The first kappa shape index (κ1) is 15.6. The number of ketones is 1. The molecule has 0 saturated heterocycles. The molecule has 0 aromatic heterocycles. The van der Waals surface area contributed by atoms with E-state index < -0.39 is 11.7 Å². The number of carbonyl (C=O) groups excluding carboxylic acids is 1. The number of allylic oxidation sites excluding steroid dienone is 3. The van der Waals surface area contributed by atoms with Crippen LogP contribution in [0.5, 0.6) is 0 Å². The Bertz CT molecular complexity index is 616. The van der Waals surface area contributed by atoms with E-state index in [1.807, 2.05) is 13.0 Å². The van der Waals surface area contributed by atoms with Gasteiger partial charge in [-0.15, -0.1) is 0 Å². The molecule has 3 nitrogen and oxygen atoms in total. The van der Waals surface area contributed by atoms with Crippen LogP contribution >= 0.6 is 0 Å². The van der Waals surface area contributed by atoms with E-state index in [0.717, 1.165) is 37.7 Å². The number of hydrogen-bond donors (Lipinski definition) is 2. The van der Waals surface area contributed by atoms with Crippen molar-refractivity contribution in [1.29, 1.82) is 0 Å². The molecule has 4 rings (SSSR count). The minimum absolute atomic E-state index is 0.000535. The van der Waals surface area contributed by atoms with Crippen LogP contribution in [0.4, 0.5) is 0 Å². The number of rotatable bonds is 0. The second-order valence-electron chi connectivity index (χ2n) is 9.02. The summed E-state index contributed by atoms with van der Waals surface area (Å²) in [6, 6.07) is 0. The van der Waals surface area contributed by atoms with Crippen molar-refractivity contribution >= 4 is 5.78 Å². The SMILES string of the molecule is CC1(O)CC[C@H]2[C@@H]3CC(O)C4=CC(=O)C=C[C@]4(C)[C@H]3CC[C@@]21C. The highest BCUT2D eigenvalue weighted by atomic mass is 16.3. The summed E-state index contributed by atoms with van der Waals surface area (Å²) >= 11 is 0. The summed E-state index contributed by atoms with van der Waals surface area (Å²) < 4.78 is 0. The van der Waals surface area contributed by atoms with Gasteiger partial charge in [0.25, 0.3) is 0 Å². The van der Waals surface area contributed by atoms with E-state index in [2.05, 4.69) is 13.8 Å². The Kier molecular flexibility index (Phi) is 3.10. The molecule has 0 spiro atoms. The molecule has 0 amide bonds. The highest BCUT2D eigenvalue weighted by molar-refractivity contribution is 6.01. The molecule has 3 saturated carbocycles. The minimum Gasteiger partial charge on any atom is -0.390 e. The molecule has 2 N–H and O–H groups in total. The molecule has 3 fully saturated rings. The lowest BCUT2D eigenvalue weighted by molar-refractivity contribution is -0.122. The van der Waals surface area contributed by atoms with Gasteiger partial charge in [0.05, 0.1) is 11.7 Å². The van der Waals surface area contributed by atoms with Crippen LogP contribution in [0.25, 0.3) is 0 Å². The number of hydrogen-bond acceptors (Lipinski definition) is 3. The lowest BCUT2D eigenvalue weighted by Crippen LogP contribution is -2.55. The summed E-state index contributed by atoms with van der Waals surface area (Å²) in [6.07, 6.45) is 9.61. The zero-order valence-electron chi connectivity index (χ0n) is 14.4. The highest BCUT2D eigenvalue weighted by Crippen LogP contribution is 2.66. The molecule has 0 radical (unpaired) electrons. The van der Waals surface area contributed by atoms with Crippen molar-refractivity contribution in [1.82, 2.24) is 0 Å². The Balaban J connectivity index is 1.75. The van der Waals surface area contributed by atoms with Gasteiger partial charge in [0.1, 0.15) is 0 Å². The molecule has 3 heteroatoms. The van der Waals surface area contributed by atoms with Crippen molar-refractivity contribution in [2.24, 2.45) is 28.6 Å². The molecular formula is C20H28O3. The lowest BCUT2D eigenvalue weighted by Gasteiger charge is -2.58. The molecule has 0 aromatic carbocycles. The topological polar surface area (TPSA) is 57.5 Å². The molecule has 0 bridgehead atoms. The number of aliphatic hydroxyl groups is 2. The molecule has 4 aliphatic carbocycles.